The number of epoxide rings is 1. The Labute approximate surface area is 124 Å². The fourth-order valence-corrected chi connectivity index (χ4v) is 2.45. The number of carbonyl (C=O) groups is 1. The normalized spacial score (nSPS) is 16.6. The van der Waals surface area contributed by atoms with Crippen molar-refractivity contribution in [2.24, 2.45) is 0 Å². The third-order valence-electron chi connectivity index (χ3n) is 3.61. The molecule has 0 aliphatic carbocycles. The van der Waals surface area contributed by atoms with E-state index < -0.39 is 0 Å². The third-order valence-corrected chi connectivity index (χ3v) is 3.61. The number of hydrogen-bond donors (Lipinski definition) is 0. The van der Waals surface area contributed by atoms with Crippen molar-refractivity contribution in [2.75, 3.05) is 13.2 Å². The summed E-state index contributed by atoms with van der Waals surface area (Å²) in [4.78, 5) is 12.6. The van der Waals surface area contributed by atoms with Crippen LogP contribution in [-0.4, -0.2) is 25.1 Å². The van der Waals surface area contributed by atoms with Crippen LogP contribution >= 0.6 is 0 Å². The van der Waals surface area contributed by atoms with Crippen molar-refractivity contribution in [2.45, 2.75) is 20.0 Å². The Kier molecular flexibility index (Phi) is 3.76. The van der Waals surface area contributed by atoms with Crippen LogP contribution in [-0.2, 0) is 4.74 Å². The van der Waals surface area contributed by atoms with Crippen molar-refractivity contribution in [1.82, 2.24) is 0 Å². The molecule has 1 aliphatic rings. The first-order chi connectivity index (χ1) is 10.1. The first-order valence-electron chi connectivity index (χ1n) is 7.10. The molecule has 0 saturated carbocycles. The van der Waals surface area contributed by atoms with Gasteiger partial charge in [0.15, 0.2) is 5.78 Å². The van der Waals surface area contributed by atoms with Crippen molar-refractivity contribution in [1.29, 1.82) is 0 Å². The van der Waals surface area contributed by atoms with Crippen LogP contribution in [0.2, 0.25) is 0 Å². The monoisotopic (exact) mass is 282 g/mol. The van der Waals surface area contributed by atoms with Crippen molar-refractivity contribution in [3.05, 3.63) is 64.7 Å². The molecule has 0 N–H and O–H groups in total. The van der Waals surface area contributed by atoms with Crippen LogP contribution in [0, 0.1) is 13.8 Å². The van der Waals surface area contributed by atoms with E-state index in [1.807, 2.05) is 56.3 Å². The van der Waals surface area contributed by atoms with E-state index >= 15 is 0 Å². The summed E-state index contributed by atoms with van der Waals surface area (Å²) < 4.78 is 10.8. The molecule has 108 valence electrons. The Bertz CT molecular complexity index is 634. The van der Waals surface area contributed by atoms with Gasteiger partial charge < -0.3 is 9.47 Å². The number of carbonyl (C=O) groups excluding carboxylic acids is 1. The van der Waals surface area contributed by atoms with Crippen molar-refractivity contribution in [3.63, 3.8) is 0 Å². The van der Waals surface area contributed by atoms with Gasteiger partial charge in [-0.2, -0.15) is 0 Å². The second-order valence-electron chi connectivity index (χ2n) is 5.39. The second-order valence-corrected chi connectivity index (χ2v) is 5.39. The molecule has 3 rings (SSSR count). The maximum atomic E-state index is 12.6. The molecule has 0 radical (unpaired) electrons. The highest BCUT2D eigenvalue weighted by Gasteiger charge is 2.23. The van der Waals surface area contributed by atoms with Gasteiger partial charge in [0.2, 0.25) is 0 Å². The van der Waals surface area contributed by atoms with Crippen LogP contribution in [0.1, 0.15) is 27.0 Å². The average molecular weight is 282 g/mol. The summed E-state index contributed by atoms with van der Waals surface area (Å²) in [5, 5.41) is 0. The molecule has 0 amide bonds. The first-order valence-corrected chi connectivity index (χ1v) is 7.10. The molecule has 1 fully saturated rings. The highest BCUT2D eigenvalue weighted by atomic mass is 16.6. The number of aryl methyl sites for hydroxylation is 2. The van der Waals surface area contributed by atoms with E-state index in [9.17, 15) is 4.79 Å². The van der Waals surface area contributed by atoms with Crippen molar-refractivity contribution in [3.8, 4) is 5.75 Å². The standard InChI is InChI=1S/C18H18O3/c1-12-8-15(20-10-16-11-21-16)9-13(2)17(12)18(19)14-6-4-3-5-7-14/h3-9,16H,10-11H2,1-2H3. The predicted molar refractivity (Wildman–Crippen MR) is 81.0 cm³/mol. The number of hydrogen-bond acceptors (Lipinski definition) is 3. The molecular weight excluding hydrogens is 264 g/mol. The molecule has 1 saturated heterocycles. The van der Waals surface area contributed by atoms with Crippen LogP contribution in [0.4, 0.5) is 0 Å². The van der Waals surface area contributed by atoms with Gasteiger partial charge in [-0.25, -0.2) is 0 Å². The molecule has 1 aliphatic heterocycles. The molecule has 3 heteroatoms. The summed E-state index contributed by atoms with van der Waals surface area (Å²) in [6.07, 6.45) is 0.233. The minimum atomic E-state index is 0.0580. The van der Waals surface area contributed by atoms with Gasteiger partial charge >= 0.3 is 0 Å². The summed E-state index contributed by atoms with van der Waals surface area (Å²) in [6.45, 7) is 5.25. The van der Waals surface area contributed by atoms with Crippen molar-refractivity contribution < 1.29 is 14.3 Å². The van der Waals surface area contributed by atoms with E-state index in [0.29, 0.717) is 12.2 Å². The Balaban J connectivity index is 1.86. The maximum Gasteiger partial charge on any atom is 0.193 e. The van der Waals surface area contributed by atoms with Crippen LogP contribution < -0.4 is 4.74 Å². The molecule has 2 aromatic carbocycles. The SMILES string of the molecule is Cc1cc(OCC2CO2)cc(C)c1C(=O)c1ccccc1. The lowest BCUT2D eigenvalue weighted by Gasteiger charge is -2.12. The summed E-state index contributed by atoms with van der Waals surface area (Å²) >= 11 is 0. The third kappa shape index (κ3) is 3.14. The maximum absolute atomic E-state index is 12.6. The van der Waals surface area contributed by atoms with Gasteiger partial charge in [0.25, 0.3) is 0 Å². The highest BCUT2D eigenvalue weighted by Crippen LogP contribution is 2.25. The number of benzene rings is 2. The Hall–Kier alpha value is -2.13. The molecule has 1 unspecified atom stereocenters. The molecule has 0 aromatic heterocycles. The van der Waals surface area contributed by atoms with Gasteiger partial charge in [0.1, 0.15) is 18.5 Å². The quantitative estimate of drug-likeness (QED) is 0.624. The largest absolute Gasteiger partial charge is 0.491 e. The summed E-state index contributed by atoms with van der Waals surface area (Å²) in [5.41, 5.74) is 3.35. The smallest absolute Gasteiger partial charge is 0.193 e. The van der Waals surface area contributed by atoms with Gasteiger partial charge in [-0.15, -0.1) is 0 Å². The Morgan fingerprint density at radius 2 is 1.81 bits per heavy atom. The van der Waals surface area contributed by atoms with Gasteiger partial charge in [-0.1, -0.05) is 30.3 Å². The van der Waals surface area contributed by atoms with Crippen LogP contribution in [0.5, 0.6) is 5.75 Å². The lowest BCUT2D eigenvalue weighted by Crippen LogP contribution is -2.08. The molecule has 1 atom stereocenters. The lowest BCUT2D eigenvalue weighted by atomic mass is 9.94. The van der Waals surface area contributed by atoms with E-state index in [-0.39, 0.29) is 11.9 Å². The summed E-state index contributed by atoms with van der Waals surface area (Å²) in [5.74, 6) is 0.854. The highest BCUT2D eigenvalue weighted by molar-refractivity contribution is 6.10. The van der Waals surface area contributed by atoms with Gasteiger partial charge in [0.05, 0.1) is 6.61 Å². The van der Waals surface area contributed by atoms with E-state index in [4.69, 9.17) is 9.47 Å². The Morgan fingerprint density at radius 1 is 1.19 bits per heavy atom. The minimum absolute atomic E-state index is 0.0580. The molecular formula is C18H18O3. The average Bonchev–Trinajstić information content (AvgIpc) is 3.29. The lowest BCUT2D eigenvalue weighted by molar-refractivity contribution is 0.103. The van der Waals surface area contributed by atoms with Gasteiger partial charge in [-0.05, 0) is 37.1 Å². The number of rotatable bonds is 5. The molecule has 0 spiro atoms. The zero-order valence-electron chi connectivity index (χ0n) is 12.3. The van der Waals surface area contributed by atoms with Crippen LogP contribution in [0.15, 0.2) is 42.5 Å². The second kappa shape index (κ2) is 5.70. The summed E-state index contributed by atoms with van der Waals surface area (Å²) in [6, 6.07) is 13.2. The minimum Gasteiger partial charge on any atom is -0.491 e. The van der Waals surface area contributed by atoms with E-state index in [2.05, 4.69) is 0 Å². The van der Waals surface area contributed by atoms with E-state index in [1.165, 1.54) is 0 Å². The van der Waals surface area contributed by atoms with Crippen LogP contribution in [0.3, 0.4) is 0 Å². The van der Waals surface area contributed by atoms with Gasteiger partial charge in [-0.3, -0.25) is 4.79 Å². The zero-order chi connectivity index (χ0) is 14.8. The molecule has 0 bridgehead atoms. The molecule has 2 aromatic rings. The molecule has 3 nitrogen and oxygen atoms in total. The van der Waals surface area contributed by atoms with Gasteiger partial charge in [0, 0.05) is 11.1 Å². The predicted octanol–water partition coefficient (Wildman–Crippen LogP) is 3.31. The fraction of sp³-hybridized carbons (Fsp3) is 0.278. The molecule has 1 heterocycles. The van der Waals surface area contributed by atoms with Crippen molar-refractivity contribution >= 4 is 5.78 Å². The zero-order valence-corrected chi connectivity index (χ0v) is 12.3. The topological polar surface area (TPSA) is 38.8 Å². The molecule has 21 heavy (non-hydrogen) atoms. The fourth-order valence-electron chi connectivity index (χ4n) is 2.45. The first kappa shape index (κ1) is 13.8. The number of ether oxygens (including phenoxy) is 2. The summed E-state index contributed by atoms with van der Waals surface area (Å²) in [7, 11) is 0. The number of ketones is 1. The van der Waals surface area contributed by atoms with E-state index in [0.717, 1.165) is 29.0 Å². The Morgan fingerprint density at radius 3 is 2.38 bits per heavy atom. The van der Waals surface area contributed by atoms with E-state index in [1.54, 1.807) is 0 Å². The van der Waals surface area contributed by atoms with Crippen LogP contribution in [0.25, 0.3) is 0 Å².